The summed E-state index contributed by atoms with van der Waals surface area (Å²) in [7, 11) is 0. The van der Waals surface area contributed by atoms with E-state index in [0.717, 1.165) is 17.9 Å². The number of aryl methyl sites for hydroxylation is 1. The Kier molecular flexibility index (Phi) is 7.21. The van der Waals surface area contributed by atoms with Crippen LogP contribution in [0.3, 0.4) is 0 Å². The quantitative estimate of drug-likeness (QED) is 0.392. The molecule has 4 rings (SSSR count). The van der Waals surface area contributed by atoms with Crippen molar-refractivity contribution in [1.82, 2.24) is 0 Å². The van der Waals surface area contributed by atoms with Gasteiger partial charge in [-0.2, -0.15) is 5.26 Å². The van der Waals surface area contributed by atoms with Crippen molar-refractivity contribution in [3.63, 3.8) is 0 Å². The van der Waals surface area contributed by atoms with E-state index in [9.17, 15) is 0 Å². The van der Waals surface area contributed by atoms with Gasteiger partial charge in [-0.15, -0.1) is 0 Å². The number of nitrogens with zero attached hydrogens (tertiary/aromatic N) is 1. The third kappa shape index (κ3) is 5.86. The smallest absolute Gasteiger partial charge is 0.0991 e. The summed E-state index contributed by atoms with van der Waals surface area (Å²) in [4.78, 5) is 0. The molecular weight excluding hydrogens is 374 g/mol. The Hall–Kier alpha value is -2.85. The molecule has 31 heavy (non-hydrogen) atoms. The Labute approximate surface area is 187 Å². The first-order chi connectivity index (χ1) is 15.2. The van der Waals surface area contributed by atoms with Gasteiger partial charge in [0.25, 0.3) is 0 Å². The predicted molar refractivity (Wildman–Crippen MR) is 129 cm³/mol. The molecule has 158 valence electrons. The van der Waals surface area contributed by atoms with Gasteiger partial charge in [-0.25, -0.2) is 0 Å². The van der Waals surface area contributed by atoms with Crippen LogP contribution in [0, 0.1) is 17.2 Å². The molecule has 0 aromatic heterocycles. The van der Waals surface area contributed by atoms with E-state index in [0.29, 0.717) is 11.8 Å². The average Bonchev–Trinajstić information content (AvgIpc) is 2.84. The second-order valence-electron chi connectivity index (χ2n) is 9.32. The summed E-state index contributed by atoms with van der Waals surface area (Å²) in [6, 6.07) is 30.6. The zero-order valence-corrected chi connectivity index (χ0v) is 18.6. The lowest BCUT2D eigenvalue weighted by molar-refractivity contribution is 0.310. The molecule has 0 bridgehead atoms. The summed E-state index contributed by atoms with van der Waals surface area (Å²) >= 11 is 0. The van der Waals surface area contributed by atoms with Crippen LogP contribution < -0.4 is 0 Å². The van der Waals surface area contributed by atoms with Gasteiger partial charge in [0.05, 0.1) is 11.6 Å². The van der Waals surface area contributed by atoms with Gasteiger partial charge in [-0.05, 0) is 97.1 Å². The molecule has 1 aliphatic rings. The fourth-order valence-electron chi connectivity index (χ4n) is 5.08. The average molecular weight is 408 g/mol. The van der Waals surface area contributed by atoms with Gasteiger partial charge in [0, 0.05) is 0 Å². The number of hydrogen-bond donors (Lipinski definition) is 0. The van der Waals surface area contributed by atoms with Crippen molar-refractivity contribution in [3.8, 4) is 6.07 Å². The molecule has 0 saturated heterocycles. The molecule has 3 aromatic carbocycles. The van der Waals surface area contributed by atoms with Gasteiger partial charge in [0.2, 0.25) is 0 Å². The van der Waals surface area contributed by atoms with Crippen LogP contribution in [0.2, 0.25) is 0 Å². The van der Waals surface area contributed by atoms with E-state index in [-0.39, 0.29) is 0 Å². The van der Waals surface area contributed by atoms with Crippen molar-refractivity contribution in [3.05, 3.63) is 107 Å². The minimum Gasteiger partial charge on any atom is -0.192 e. The van der Waals surface area contributed by atoms with E-state index in [1.54, 1.807) is 0 Å². The van der Waals surface area contributed by atoms with Gasteiger partial charge in [0.15, 0.2) is 0 Å². The van der Waals surface area contributed by atoms with Crippen molar-refractivity contribution in [2.75, 3.05) is 0 Å². The summed E-state index contributed by atoms with van der Waals surface area (Å²) in [6.07, 6.45) is 8.83. The van der Waals surface area contributed by atoms with Crippen molar-refractivity contribution < 1.29 is 0 Å². The first kappa shape index (κ1) is 21.4. The summed E-state index contributed by atoms with van der Waals surface area (Å²) in [5.41, 5.74) is 6.51. The van der Waals surface area contributed by atoms with Gasteiger partial charge >= 0.3 is 0 Å². The van der Waals surface area contributed by atoms with Crippen LogP contribution in [-0.2, 0) is 12.8 Å². The molecule has 1 nitrogen and oxygen atoms in total. The molecule has 0 unspecified atom stereocenters. The molecule has 1 heteroatoms. The lowest BCUT2D eigenvalue weighted by Gasteiger charge is -2.29. The first-order valence-electron chi connectivity index (χ1n) is 11.8. The number of hydrogen-bond acceptors (Lipinski definition) is 1. The van der Waals surface area contributed by atoms with Crippen molar-refractivity contribution in [2.45, 2.75) is 63.7 Å². The Morgan fingerprint density at radius 3 is 2.10 bits per heavy atom. The molecule has 0 amide bonds. The van der Waals surface area contributed by atoms with Crippen molar-refractivity contribution in [2.24, 2.45) is 5.92 Å². The molecule has 0 N–H and O–H groups in total. The fraction of sp³-hybridized carbons (Fsp3) is 0.367. The molecule has 1 atom stereocenters. The Bertz CT molecular complexity index is 971. The third-order valence-corrected chi connectivity index (χ3v) is 7.13. The SMILES string of the molecule is C[C@H](Cc1ccc(CCC2CCC(c3ccc(C#N)cc3)CC2)cc1)c1ccccc1. The van der Waals surface area contributed by atoms with Crippen LogP contribution in [0.15, 0.2) is 78.9 Å². The predicted octanol–water partition coefficient (Wildman–Crippen LogP) is 7.81. The molecule has 0 aliphatic heterocycles. The molecule has 1 fully saturated rings. The Balaban J connectivity index is 1.22. The Morgan fingerprint density at radius 1 is 0.806 bits per heavy atom. The van der Waals surface area contributed by atoms with Gasteiger partial charge in [0.1, 0.15) is 0 Å². The normalized spacial score (nSPS) is 19.5. The number of benzene rings is 3. The molecule has 0 spiro atoms. The number of rotatable bonds is 7. The summed E-state index contributed by atoms with van der Waals surface area (Å²) in [5.74, 6) is 2.08. The molecule has 0 radical (unpaired) electrons. The third-order valence-electron chi connectivity index (χ3n) is 7.13. The topological polar surface area (TPSA) is 23.8 Å². The van der Waals surface area contributed by atoms with E-state index in [4.69, 9.17) is 5.26 Å². The molecular formula is C30H33N. The second kappa shape index (κ2) is 10.5. The summed E-state index contributed by atoms with van der Waals surface area (Å²) in [5, 5.41) is 8.98. The van der Waals surface area contributed by atoms with Crippen molar-refractivity contribution >= 4 is 0 Å². The van der Waals surface area contributed by atoms with Crippen LogP contribution >= 0.6 is 0 Å². The fourth-order valence-corrected chi connectivity index (χ4v) is 5.08. The van der Waals surface area contributed by atoms with E-state index >= 15 is 0 Å². The van der Waals surface area contributed by atoms with E-state index in [1.165, 1.54) is 60.8 Å². The summed E-state index contributed by atoms with van der Waals surface area (Å²) in [6.45, 7) is 2.32. The second-order valence-corrected chi connectivity index (χ2v) is 9.32. The lowest BCUT2D eigenvalue weighted by atomic mass is 9.77. The van der Waals surface area contributed by atoms with Gasteiger partial charge in [-0.1, -0.05) is 73.7 Å². The minimum atomic E-state index is 0.554. The largest absolute Gasteiger partial charge is 0.192 e. The van der Waals surface area contributed by atoms with Crippen LogP contribution in [0.4, 0.5) is 0 Å². The van der Waals surface area contributed by atoms with Gasteiger partial charge < -0.3 is 0 Å². The molecule has 3 aromatic rings. The van der Waals surface area contributed by atoms with Crippen molar-refractivity contribution in [1.29, 1.82) is 5.26 Å². The maximum Gasteiger partial charge on any atom is 0.0991 e. The van der Waals surface area contributed by atoms with Crippen LogP contribution in [-0.4, -0.2) is 0 Å². The van der Waals surface area contributed by atoms with E-state index in [1.807, 2.05) is 12.1 Å². The Morgan fingerprint density at radius 2 is 1.45 bits per heavy atom. The highest BCUT2D eigenvalue weighted by Gasteiger charge is 2.22. The summed E-state index contributed by atoms with van der Waals surface area (Å²) < 4.78 is 0. The highest BCUT2D eigenvalue weighted by Crippen LogP contribution is 2.37. The van der Waals surface area contributed by atoms with Crippen LogP contribution in [0.25, 0.3) is 0 Å². The van der Waals surface area contributed by atoms with Gasteiger partial charge in [-0.3, -0.25) is 0 Å². The monoisotopic (exact) mass is 407 g/mol. The molecule has 1 aliphatic carbocycles. The minimum absolute atomic E-state index is 0.554. The van der Waals surface area contributed by atoms with Crippen LogP contribution in [0.5, 0.6) is 0 Å². The van der Waals surface area contributed by atoms with E-state index < -0.39 is 0 Å². The zero-order valence-electron chi connectivity index (χ0n) is 18.6. The first-order valence-corrected chi connectivity index (χ1v) is 11.8. The van der Waals surface area contributed by atoms with E-state index in [2.05, 4.69) is 79.7 Å². The highest BCUT2D eigenvalue weighted by atomic mass is 14.3. The maximum absolute atomic E-state index is 8.98. The lowest BCUT2D eigenvalue weighted by Crippen LogP contribution is -2.14. The highest BCUT2D eigenvalue weighted by molar-refractivity contribution is 5.33. The standard InChI is InChI=1S/C30H33N/c1-23(28-5-3-2-4-6-28)21-26-11-9-24(10-12-26)7-8-25-13-17-29(18-14-25)30-19-15-27(22-31)16-20-30/h2-6,9-12,15-16,19-20,23,25,29H,7-8,13-14,17-18,21H2,1H3/t23-,25?,29?/m1/s1. The van der Waals surface area contributed by atoms with Crippen LogP contribution in [0.1, 0.15) is 78.7 Å². The zero-order chi connectivity index (χ0) is 21.5. The maximum atomic E-state index is 8.98. The molecule has 1 saturated carbocycles. The molecule has 0 heterocycles. The number of nitriles is 1.